The molecule has 20 heavy (non-hydrogen) atoms. The Hall–Kier alpha value is -2.09. The van der Waals surface area contributed by atoms with E-state index >= 15 is 0 Å². The van der Waals surface area contributed by atoms with Gasteiger partial charge in [0.05, 0.1) is 18.3 Å². The Kier molecular flexibility index (Phi) is 5.51. The van der Waals surface area contributed by atoms with Crippen LogP contribution in [0.3, 0.4) is 0 Å². The molecule has 0 fully saturated rings. The van der Waals surface area contributed by atoms with Gasteiger partial charge in [0.15, 0.2) is 11.6 Å². The smallest absolute Gasteiger partial charge is 0.313 e. The molecule has 0 spiro atoms. The van der Waals surface area contributed by atoms with Gasteiger partial charge >= 0.3 is 11.8 Å². The van der Waals surface area contributed by atoms with Crippen molar-refractivity contribution in [2.45, 2.75) is 19.4 Å². The Balaban J connectivity index is 2.76. The lowest BCUT2D eigenvalue weighted by Gasteiger charge is -2.13. The molecule has 0 saturated carbocycles. The average molecular weight is 290 g/mol. The molecule has 0 heterocycles. The first kappa shape index (κ1) is 16.0. The lowest BCUT2D eigenvalue weighted by atomic mass is 10.2. The molecule has 1 unspecified atom stereocenters. The summed E-state index contributed by atoms with van der Waals surface area (Å²) in [5.41, 5.74) is -0.652. The summed E-state index contributed by atoms with van der Waals surface area (Å²) in [6.45, 7) is 1.31. The van der Waals surface area contributed by atoms with Gasteiger partial charge in [-0.25, -0.2) is 13.2 Å². The van der Waals surface area contributed by atoms with Gasteiger partial charge in [0.25, 0.3) is 0 Å². The second kappa shape index (κ2) is 6.90. The highest BCUT2D eigenvalue weighted by atomic mass is 19.2. The fourth-order valence-corrected chi connectivity index (χ4v) is 1.33. The monoisotopic (exact) mass is 290 g/mol. The zero-order valence-corrected chi connectivity index (χ0v) is 10.5. The molecule has 0 radical (unpaired) electrons. The van der Waals surface area contributed by atoms with E-state index in [0.717, 1.165) is 0 Å². The molecule has 0 aliphatic rings. The van der Waals surface area contributed by atoms with Gasteiger partial charge in [-0.2, -0.15) is 0 Å². The second-order valence-electron chi connectivity index (χ2n) is 3.96. The number of anilines is 1. The van der Waals surface area contributed by atoms with Crippen molar-refractivity contribution in [3.63, 3.8) is 0 Å². The summed E-state index contributed by atoms with van der Waals surface area (Å²) < 4.78 is 38.8. The number of aliphatic hydroxyl groups excluding tert-OH is 1. The quantitative estimate of drug-likeness (QED) is 0.570. The van der Waals surface area contributed by atoms with Crippen LogP contribution in [0.5, 0.6) is 0 Å². The van der Waals surface area contributed by atoms with E-state index in [1.807, 2.05) is 5.32 Å². The molecule has 0 aliphatic heterocycles. The maximum Gasteiger partial charge on any atom is 0.313 e. The number of nitrogens with one attached hydrogen (secondary N) is 2. The van der Waals surface area contributed by atoms with Crippen LogP contribution in [0.2, 0.25) is 0 Å². The van der Waals surface area contributed by atoms with Crippen LogP contribution < -0.4 is 10.6 Å². The third-order valence-corrected chi connectivity index (χ3v) is 2.51. The van der Waals surface area contributed by atoms with Crippen molar-refractivity contribution >= 4 is 17.5 Å². The normalized spacial score (nSPS) is 11.8. The molecule has 1 atom stereocenters. The molecule has 8 heteroatoms. The number of carbonyl (C=O) groups excluding carboxylic acids is 2. The third-order valence-electron chi connectivity index (χ3n) is 2.51. The van der Waals surface area contributed by atoms with E-state index in [4.69, 9.17) is 5.11 Å². The first-order valence-corrected chi connectivity index (χ1v) is 5.76. The Bertz CT molecular complexity index is 519. The van der Waals surface area contributed by atoms with Gasteiger partial charge in [0, 0.05) is 12.1 Å². The zero-order valence-electron chi connectivity index (χ0n) is 10.5. The van der Waals surface area contributed by atoms with Gasteiger partial charge in [-0.1, -0.05) is 6.92 Å². The molecule has 0 aliphatic carbocycles. The van der Waals surface area contributed by atoms with Crippen molar-refractivity contribution in [1.82, 2.24) is 5.32 Å². The molecule has 0 aromatic heterocycles. The van der Waals surface area contributed by atoms with E-state index in [-0.39, 0.29) is 12.7 Å². The van der Waals surface area contributed by atoms with Gasteiger partial charge in [0.1, 0.15) is 5.82 Å². The zero-order chi connectivity index (χ0) is 15.3. The number of rotatable bonds is 4. The van der Waals surface area contributed by atoms with Crippen LogP contribution in [0.25, 0.3) is 0 Å². The van der Waals surface area contributed by atoms with Crippen LogP contribution in [0, 0.1) is 17.5 Å². The molecule has 1 aromatic rings. The predicted octanol–water partition coefficient (Wildman–Crippen LogP) is 0.929. The number of benzene rings is 1. The van der Waals surface area contributed by atoms with E-state index in [1.165, 1.54) is 0 Å². The molecular formula is C12H13F3N2O3. The maximum atomic E-state index is 13.3. The summed E-state index contributed by atoms with van der Waals surface area (Å²) in [6.07, 6.45) is 0.384. The standard InChI is InChI=1S/C12H13F3N2O3/c1-2-6(5-18)16-11(19)12(20)17-10-4-8(14)7(13)3-9(10)15/h3-4,6,18H,2,5H2,1H3,(H,16,19)(H,17,20). The highest BCUT2D eigenvalue weighted by Gasteiger charge is 2.19. The number of carbonyl (C=O) groups is 2. The minimum absolute atomic E-state index is 0.255. The fraction of sp³-hybridized carbons (Fsp3) is 0.333. The first-order valence-electron chi connectivity index (χ1n) is 5.76. The number of hydrogen-bond acceptors (Lipinski definition) is 3. The second-order valence-corrected chi connectivity index (χ2v) is 3.96. The van der Waals surface area contributed by atoms with Crippen LogP contribution in [0.15, 0.2) is 12.1 Å². The lowest BCUT2D eigenvalue weighted by Crippen LogP contribution is -2.43. The first-order chi connectivity index (χ1) is 9.38. The molecular weight excluding hydrogens is 277 g/mol. The van der Waals surface area contributed by atoms with Gasteiger partial charge in [-0.15, -0.1) is 0 Å². The van der Waals surface area contributed by atoms with Crippen molar-refractivity contribution < 1.29 is 27.9 Å². The minimum Gasteiger partial charge on any atom is -0.394 e. The van der Waals surface area contributed by atoms with Crippen LogP contribution in [0.1, 0.15) is 13.3 Å². The van der Waals surface area contributed by atoms with E-state index in [9.17, 15) is 22.8 Å². The van der Waals surface area contributed by atoms with Crippen LogP contribution in [-0.4, -0.2) is 29.6 Å². The Morgan fingerprint density at radius 3 is 2.30 bits per heavy atom. The van der Waals surface area contributed by atoms with E-state index in [2.05, 4.69) is 5.32 Å². The van der Waals surface area contributed by atoms with Crippen LogP contribution in [-0.2, 0) is 9.59 Å². The molecule has 110 valence electrons. The largest absolute Gasteiger partial charge is 0.394 e. The summed E-state index contributed by atoms with van der Waals surface area (Å²) in [4.78, 5) is 22.9. The SMILES string of the molecule is CCC(CO)NC(=O)C(=O)Nc1cc(F)c(F)cc1F. The fourth-order valence-electron chi connectivity index (χ4n) is 1.33. The van der Waals surface area contributed by atoms with Crippen LogP contribution >= 0.6 is 0 Å². The summed E-state index contributed by atoms with van der Waals surface area (Å²) in [7, 11) is 0. The summed E-state index contributed by atoms with van der Waals surface area (Å²) in [5, 5.41) is 12.9. The predicted molar refractivity (Wildman–Crippen MR) is 64.3 cm³/mol. The van der Waals surface area contributed by atoms with Crippen molar-refractivity contribution in [3.8, 4) is 0 Å². The van der Waals surface area contributed by atoms with E-state index in [0.29, 0.717) is 12.5 Å². The molecule has 2 amide bonds. The van der Waals surface area contributed by atoms with Gasteiger partial charge in [-0.05, 0) is 6.42 Å². The van der Waals surface area contributed by atoms with Crippen molar-refractivity contribution in [2.24, 2.45) is 0 Å². The summed E-state index contributed by atoms with van der Waals surface area (Å²) >= 11 is 0. The highest BCUT2D eigenvalue weighted by Crippen LogP contribution is 2.18. The highest BCUT2D eigenvalue weighted by molar-refractivity contribution is 6.39. The Morgan fingerprint density at radius 2 is 1.75 bits per heavy atom. The Labute approximate surface area is 112 Å². The lowest BCUT2D eigenvalue weighted by molar-refractivity contribution is -0.136. The number of amides is 2. The molecule has 0 bridgehead atoms. The molecule has 1 rings (SSSR count). The van der Waals surface area contributed by atoms with E-state index in [1.54, 1.807) is 6.92 Å². The number of hydrogen-bond donors (Lipinski definition) is 3. The average Bonchev–Trinajstić information content (AvgIpc) is 2.41. The van der Waals surface area contributed by atoms with Crippen molar-refractivity contribution in [3.05, 3.63) is 29.6 Å². The molecule has 0 saturated heterocycles. The van der Waals surface area contributed by atoms with E-state index < -0.39 is 41.0 Å². The molecule has 3 N–H and O–H groups in total. The van der Waals surface area contributed by atoms with Gasteiger partial charge < -0.3 is 15.7 Å². The van der Waals surface area contributed by atoms with Gasteiger partial charge in [-0.3, -0.25) is 9.59 Å². The summed E-state index contributed by atoms with van der Waals surface area (Å²) in [5.74, 6) is -6.34. The minimum atomic E-state index is -1.41. The maximum absolute atomic E-state index is 13.3. The Morgan fingerprint density at radius 1 is 1.15 bits per heavy atom. The van der Waals surface area contributed by atoms with Gasteiger partial charge in [0.2, 0.25) is 0 Å². The van der Waals surface area contributed by atoms with Crippen molar-refractivity contribution in [1.29, 1.82) is 0 Å². The topological polar surface area (TPSA) is 78.4 Å². The molecule has 1 aromatic carbocycles. The molecule has 5 nitrogen and oxygen atoms in total. The third kappa shape index (κ3) is 3.95. The number of halogens is 3. The number of aliphatic hydroxyl groups is 1. The summed E-state index contributed by atoms with van der Waals surface area (Å²) in [6, 6.07) is 0.0630. The van der Waals surface area contributed by atoms with Crippen LogP contribution in [0.4, 0.5) is 18.9 Å². The van der Waals surface area contributed by atoms with Crippen molar-refractivity contribution in [2.75, 3.05) is 11.9 Å².